The molecule has 0 bridgehead atoms. The lowest BCUT2D eigenvalue weighted by atomic mass is 10.3. The molecule has 2 aromatic rings. The third kappa shape index (κ3) is 3.13. The van der Waals surface area contributed by atoms with Gasteiger partial charge < -0.3 is 4.90 Å². The number of amides is 1. The van der Waals surface area contributed by atoms with Crippen molar-refractivity contribution in [2.45, 2.75) is 31.0 Å². The van der Waals surface area contributed by atoms with Gasteiger partial charge in [0.25, 0.3) is 0 Å². The highest BCUT2D eigenvalue weighted by atomic mass is 32.2. The lowest BCUT2D eigenvalue weighted by molar-refractivity contribution is -0.133. The molecule has 1 amide bonds. The van der Waals surface area contributed by atoms with E-state index in [1.807, 2.05) is 0 Å². The summed E-state index contributed by atoms with van der Waals surface area (Å²) >= 11 is 0. The van der Waals surface area contributed by atoms with Gasteiger partial charge in [0.15, 0.2) is 0 Å². The second kappa shape index (κ2) is 6.25. The van der Waals surface area contributed by atoms with Gasteiger partial charge in [-0.15, -0.1) is 0 Å². The van der Waals surface area contributed by atoms with E-state index >= 15 is 0 Å². The normalized spacial score (nSPS) is 15.2. The molecule has 0 saturated carbocycles. The Labute approximate surface area is 138 Å². The average molecular weight is 350 g/mol. The monoisotopic (exact) mass is 350 g/mol. The van der Waals surface area contributed by atoms with Gasteiger partial charge in [-0.2, -0.15) is 4.72 Å². The fraction of sp³-hybridized carbons (Fsp3) is 0.267. The van der Waals surface area contributed by atoms with Gasteiger partial charge in [-0.3, -0.25) is 4.79 Å². The highest BCUT2D eigenvalue weighted by molar-refractivity contribution is 7.89. The van der Waals surface area contributed by atoms with E-state index in [1.54, 1.807) is 6.20 Å². The molecule has 2 heterocycles. The van der Waals surface area contributed by atoms with E-state index < -0.39 is 32.7 Å². The Kier molecular flexibility index (Phi) is 4.29. The van der Waals surface area contributed by atoms with Gasteiger partial charge in [0.1, 0.15) is 17.0 Å². The first-order valence-electron chi connectivity index (χ1n) is 7.22. The van der Waals surface area contributed by atoms with Gasteiger partial charge in [-0.25, -0.2) is 22.8 Å². The summed E-state index contributed by atoms with van der Waals surface area (Å²) in [4.78, 5) is 21.5. The van der Waals surface area contributed by atoms with Crippen molar-refractivity contribution in [3.05, 3.63) is 53.9 Å². The Hall–Kier alpha value is -2.39. The van der Waals surface area contributed by atoms with E-state index in [2.05, 4.69) is 14.7 Å². The van der Waals surface area contributed by atoms with Crippen LogP contribution in [0.2, 0.25) is 0 Å². The Balaban J connectivity index is 1.73. The van der Waals surface area contributed by atoms with Gasteiger partial charge in [0.2, 0.25) is 15.9 Å². The first-order valence-corrected chi connectivity index (χ1v) is 8.70. The van der Waals surface area contributed by atoms with Crippen LogP contribution in [0.25, 0.3) is 0 Å². The van der Waals surface area contributed by atoms with Gasteiger partial charge in [-0.05, 0) is 19.1 Å². The van der Waals surface area contributed by atoms with Gasteiger partial charge >= 0.3 is 0 Å². The van der Waals surface area contributed by atoms with Crippen molar-refractivity contribution < 1.29 is 17.6 Å². The summed E-state index contributed by atoms with van der Waals surface area (Å²) in [7, 11) is -4.13. The van der Waals surface area contributed by atoms with Crippen LogP contribution in [-0.4, -0.2) is 35.2 Å². The number of fused-ring (bicyclic) bond motifs is 1. The predicted molar refractivity (Wildman–Crippen MR) is 82.5 cm³/mol. The molecule has 126 valence electrons. The van der Waals surface area contributed by atoms with Crippen LogP contribution in [0.5, 0.6) is 0 Å². The molecule has 1 aliphatic heterocycles. The largest absolute Gasteiger partial charge is 0.331 e. The van der Waals surface area contributed by atoms with Gasteiger partial charge in [0.05, 0.1) is 18.3 Å². The number of halogens is 1. The summed E-state index contributed by atoms with van der Waals surface area (Å²) < 4.78 is 40.4. The summed E-state index contributed by atoms with van der Waals surface area (Å²) in [5, 5.41) is 0. The van der Waals surface area contributed by atoms with Crippen molar-refractivity contribution in [1.82, 2.24) is 19.6 Å². The van der Waals surface area contributed by atoms with Crippen molar-refractivity contribution in [3.63, 3.8) is 0 Å². The first-order chi connectivity index (χ1) is 11.4. The maximum absolute atomic E-state index is 13.7. The molecule has 9 heteroatoms. The molecule has 1 atom stereocenters. The highest BCUT2D eigenvalue weighted by Crippen LogP contribution is 2.20. The average Bonchev–Trinajstić information content (AvgIpc) is 2.97. The predicted octanol–water partition coefficient (Wildman–Crippen LogP) is 0.825. The topological polar surface area (TPSA) is 92.3 Å². The van der Waals surface area contributed by atoms with Crippen LogP contribution < -0.4 is 4.72 Å². The van der Waals surface area contributed by atoms with Crippen LogP contribution in [0, 0.1) is 5.82 Å². The molecule has 1 aliphatic rings. The van der Waals surface area contributed by atoms with Crippen molar-refractivity contribution in [1.29, 1.82) is 0 Å². The number of carbonyl (C=O) groups is 1. The standard InChI is InChI=1S/C15H15FN4O3S/c1-10(19-24(22,23)14-5-3-2-4-12(14)16)15(21)20-7-11-6-17-9-18-13(11)8-20/h2-6,9-10,19H,7-8H2,1H3. The fourth-order valence-corrected chi connectivity index (χ4v) is 3.82. The Morgan fingerprint density at radius 3 is 2.79 bits per heavy atom. The maximum Gasteiger partial charge on any atom is 0.244 e. The van der Waals surface area contributed by atoms with Crippen molar-refractivity contribution in [2.75, 3.05) is 0 Å². The zero-order valence-electron chi connectivity index (χ0n) is 12.8. The van der Waals surface area contributed by atoms with Crippen LogP contribution in [0.3, 0.4) is 0 Å². The van der Waals surface area contributed by atoms with Crippen molar-refractivity contribution in [2.24, 2.45) is 0 Å². The third-order valence-electron chi connectivity index (χ3n) is 3.72. The van der Waals surface area contributed by atoms with Crippen LogP contribution in [0.15, 0.2) is 41.7 Å². The molecule has 1 unspecified atom stereocenters. The number of hydrogen-bond acceptors (Lipinski definition) is 5. The number of carbonyl (C=O) groups excluding carboxylic acids is 1. The minimum atomic E-state index is -4.13. The quantitative estimate of drug-likeness (QED) is 0.882. The number of rotatable bonds is 4. The Morgan fingerprint density at radius 1 is 1.33 bits per heavy atom. The molecule has 0 saturated heterocycles. The second-order valence-electron chi connectivity index (χ2n) is 5.46. The zero-order valence-corrected chi connectivity index (χ0v) is 13.6. The number of nitrogens with one attached hydrogen (secondary N) is 1. The molecule has 7 nitrogen and oxygen atoms in total. The van der Waals surface area contributed by atoms with Crippen LogP contribution in [0.1, 0.15) is 18.2 Å². The van der Waals surface area contributed by atoms with Crippen LogP contribution >= 0.6 is 0 Å². The van der Waals surface area contributed by atoms with E-state index in [0.29, 0.717) is 13.1 Å². The number of benzene rings is 1. The van der Waals surface area contributed by atoms with E-state index in [9.17, 15) is 17.6 Å². The summed E-state index contributed by atoms with van der Waals surface area (Å²) in [6.45, 7) is 2.04. The molecule has 0 radical (unpaired) electrons. The van der Waals surface area contributed by atoms with Gasteiger partial charge in [0, 0.05) is 18.3 Å². The zero-order chi connectivity index (χ0) is 17.3. The smallest absolute Gasteiger partial charge is 0.244 e. The number of sulfonamides is 1. The maximum atomic E-state index is 13.7. The van der Waals surface area contributed by atoms with E-state index in [1.165, 1.54) is 30.3 Å². The van der Waals surface area contributed by atoms with E-state index in [4.69, 9.17) is 0 Å². The van der Waals surface area contributed by atoms with Crippen molar-refractivity contribution >= 4 is 15.9 Å². The van der Waals surface area contributed by atoms with E-state index in [0.717, 1.165) is 23.4 Å². The molecule has 0 aliphatic carbocycles. The lowest BCUT2D eigenvalue weighted by Crippen LogP contribution is -2.45. The SMILES string of the molecule is CC(NS(=O)(=O)c1ccccc1F)C(=O)N1Cc2cncnc2C1. The molecule has 24 heavy (non-hydrogen) atoms. The summed E-state index contributed by atoms with van der Waals surface area (Å²) in [5.41, 5.74) is 1.57. The summed E-state index contributed by atoms with van der Waals surface area (Å²) in [6, 6.07) is 3.98. The molecule has 1 aromatic carbocycles. The van der Waals surface area contributed by atoms with Crippen LogP contribution in [-0.2, 0) is 27.9 Å². The number of nitrogens with zero attached hydrogens (tertiary/aromatic N) is 3. The number of hydrogen-bond donors (Lipinski definition) is 1. The molecule has 1 aromatic heterocycles. The highest BCUT2D eigenvalue weighted by Gasteiger charge is 2.31. The molecule has 0 spiro atoms. The van der Waals surface area contributed by atoms with E-state index in [-0.39, 0.29) is 0 Å². The number of aromatic nitrogens is 2. The molecule has 1 N–H and O–H groups in total. The summed E-state index contributed by atoms with van der Waals surface area (Å²) in [5.74, 6) is -1.28. The first kappa shape index (κ1) is 16.5. The van der Waals surface area contributed by atoms with Crippen molar-refractivity contribution in [3.8, 4) is 0 Å². The minimum absolute atomic E-state index is 0.294. The van der Waals surface area contributed by atoms with Crippen LogP contribution in [0.4, 0.5) is 4.39 Å². The third-order valence-corrected chi connectivity index (χ3v) is 5.30. The second-order valence-corrected chi connectivity index (χ2v) is 7.14. The Morgan fingerprint density at radius 2 is 2.08 bits per heavy atom. The molecular weight excluding hydrogens is 335 g/mol. The fourth-order valence-electron chi connectivity index (χ4n) is 2.54. The molecule has 0 fully saturated rings. The Bertz CT molecular complexity index is 863. The lowest BCUT2D eigenvalue weighted by Gasteiger charge is -2.21. The molecule has 3 rings (SSSR count). The minimum Gasteiger partial charge on any atom is -0.331 e. The summed E-state index contributed by atoms with van der Waals surface area (Å²) in [6.07, 6.45) is 3.03. The molecular formula is C15H15FN4O3S. The van der Waals surface area contributed by atoms with Gasteiger partial charge in [-0.1, -0.05) is 12.1 Å².